The van der Waals surface area contributed by atoms with Gasteiger partial charge in [-0.05, 0) is 42.3 Å². The maximum Gasteiger partial charge on any atom is 0.236 e. The molecule has 3 aliphatic heterocycles. The number of carbonyl (C=O) groups is 1. The molecule has 7 nitrogen and oxygen atoms in total. The van der Waals surface area contributed by atoms with Crippen molar-refractivity contribution in [2.75, 3.05) is 46.1 Å². The third kappa shape index (κ3) is 4.54. The van der Waals surface area contributed by atoms with Gasteiger partial charge in [0.2, 0.25) is 12.7 Å². The Hall–Kier alpha value is -3.29. The first-order chi connectivity index (χ1) is 17.1. The van der Waals surface area contributed by atoms with Gasteiger partial charge in [-0.15, -0.1) is 0 Å². The van der Waals surface area contributed by atoms with E-state index in [0.717, 1.165) is 57.3 Å². The topological polar surface area (TPSA) is 50.2 Å². The van der Waals surface area contributed by atoms with Crippen LogP contribution in [-0.4, -0.2) is 71.2 Å². The van der Waals surface area contributed by atoms with E-state index in [2.05, 4.69) is 76.0 Å². The molecule has 6 rings (SSSR count). The Morgan fingerprint density at radius 3 is 2.54 bits per heavy atom. The molecule has 0 saturated carbocycles. The van der Waals surface area contributed by atoms with Crippen LogP contribution in [-0.2, 0) is 17.9 Å². The standard InChI is InChI=1S/C28H32N4O3/c1-21-4-7-23(8-5-21)28-24-3-2-10-30(24)15-16-32(28)19-27(33)31-13-11-29(12-14-31)18-22-6-9-25-26(17-22)35-20-34-25/h2-10,17,28H,11-16,18-20H2,1H3. The molecule has 0 N–H and O–H groups in total. The summed E-state index contributed by atoms with van der Waals surface area (Å²) in [5.74, 6) is 1.87. The predicted molar refractivity (Wildman–Crippen MR) is 133 cm³/mol. The zero-order chi connectivity index (χ0) is 23.8. The van der Waals surface area contributed by atoms with Crippen LogP contribution in [0.1, 0.15) is 28.4 Å². The summed E-state index contributed by atoms with van der Waals surface area (Å²) < 4.78 is 13.2. The number of ether oxygens (including phenoxy) is 2. The van der Waals surface area contributed by atoms with E-state index in [-0.39, 0.29) is 11.9 Å². The van der Waals surface area contributed by atoms with Crippen LogP contribution in [0.2, 0.25) is 0 Å². The van der Waals surface area contributed by atoms with E-state index < -0.39 is 0 Å². The largest absolute Gasteiger partial charge is 0.454 e. The van der Waals surface area contributed by atoms with Crippen LogP contribution in [0.3, 0.4) is 0 Å². The second kappa shape index (κ2) is 9.40. The van der Waals surface area contributed by atoms with Crippen LogP contribution in [0, 0.1) is 6.92 Å². The molecule has 1 fully saturated rings. The summed E-state index contributed by atoms with van der Waals surface area (Å²) >= 11 is 0. The van der Waals surface area contributed by atoms with Crippen molar-refractivity contribution in [3.8, 4) is 11.5 Å². The lowest BCUT2D eigenvalue weighted by Crippen LogP contribution is -2.52. The lowest BCUT2D eigenvalue weighted by molar-refractivity contribution is -0.134. The fraction of sp³-hybridized carbons (Fsp3) is 0.393. The molecule has 0 radical (unpaired) electrons. The predicted octanol–water partition coefficient (Wildman–Crippen LogP) is 3.27. The Kier molecular flexibility index (Phi) is 5.96. The summed E-state index contributed by atoms with van der Waals surface area (Å²) in [4.78, 5) is 20.2. The number of hydrogen-bond acceptors (Lipinski definition) is 5. The monoisotopic (exact) mass is 472 g/mol. The van der Waals surface area contributed by atoms with Crippen molar-refractivity contribution in [1.29, 1.82) is 0 Å². The van der Waals surface area contributed by atoms with Gasteiger partial charge in [-0.3, -0.25) is 14.6 Å². The fourth-order valence-corrected chi connectivity index (χ4v) is 5.46. The third-order valence-electron chi connectivity index (χ3n) is 7.44. The Labute approximate surface area is 206 Å². The summed E-state index contributed by atoms with van der Waals surface area (Å²) in [5, 5.41) is 0. The molecule has 35 heavy (non-hydrogen) atoms. The molecule has 1 aromatic heterocycles. The highest BCUT2D eigenvalue weighted by atomic mass is 16.7. The Morgan fingerprint density at radius 1 is 0.914 bits per heavy atom. The maximum absolute atomic E-state index is 13.4. The van der Waals surface area contributed by atoms with Gasteiger partial charge >= 0.3 is 0 Å². The number of hydrogen-bond donors (Lipinski definition) is 0. The van der Waals surface area contributed by atoms with Gasteiger partial charge in [-0.25, -0.2) is 0 Å². The number of aryl methyl sites for hydroxylation is 1. The number of nitrogens with zero attached hydrogens (tertiary/aromatic N) is 4. The molecule has 182 valence electrons. The van der Waals surface area contributed by atoms with Crippen molar-refractivity contribution < 1.29 is 14.3 Å². The van der Waals surface area contributed by atoms with Crippen LogP contribution in [0.15, 0.2) is 60.8 Å². The number of piperazine rings is 1. The van der Waals surface area contributed by atoms with E-state index in [1.165, 1.54) is 22.4 Å². The summed E-state index contributed by atoms with van der Waals surface area (Å²) in [6.07, 6.45) is 2.15. The highest BCUT2D eigenvalue weighted by Gasteiger charge is 2.32. The minimum Gasteiger partial charge on any atom is -0.454 e. The molecule has 0 aliphatic carbocycles. The molecule has 1 unspecified atom stereocenters. The highest BCUT2D eigenvalue weighted by Crippen LogP contribution is 2.34. The SMILES string of the molecule is Cc1ccc(C2c3cccn3CCN2CC(=O)N2CCN(Cc3ccc4c(c3)OCO4)CC2)cc1. The number of fused-ring (bicyclic) bond motifs is 2. The van der Waals surface area contributed by atoms with Crippen LogP contribution < -0.4 is 9.47 Å². The normalized spacial score (nSPS) is 20.1. The average Bonchev–Trinajstić information content (AvgIpc) is 3.54. The Morgan fingerprint density at radius 2 is 1.71 bits per heavy atom. The zero-order valence-corrected chi connectivity index (χ0v) is 20.2. The van der Waals surface area contributed by atoms with Crippen molar-refractivity contribution in [1.82, 2.24) is 19.3 Å². The van der Waals surface area contributed by atoms with E-state index in [9.17, 15) is 4.79 Å². The molecule has 3 aromatic rings. The molecule has 7 heteroatoms. The van der Waals surface area contributed by atoms with E-state index in [4.69, 9.17) is 9.47 Å². The minimum absolute atomic E-state index is 0.107. The molecule has 1 saturated heterocycles. The molecule has 4 heterocycles. The van der Waals surface area contributed by atoms with Gasteiger partial charge in [0.1, 0.15) is 0 Å². The maximum atomic E-state index is 13.4. The summed E-state index contributed by atoms with van der Waals surface area (Å²) in [6, 6.07) is 19.3. The van der Waals surface area contributed by atoms with Gasteiger partial charge in [-0.2, -0.15) is 0 Å². The number of rotatable bonds is 5. The first-order valence-electron chi connectivity index (χ1n) is 12.5. The first-order valence-corrected chi connectivity index (χ1v) is 12.5. The van der Waals surface area contributed by atoms with Gasteiger partial charge in [0.05, 0.1) is 12.6 Å². The molecule has 1 amide bonds. The van der Waals surface area contributed by atoms with Crippen molar-refractivity contribution >= 4 is 5.91 Å². The molecule has 2 aromatic carbocycles. The number of amides is 1. The van der Waals surface area contributed by atoms with Crippen molar-refractivity contribution in [3.63, 3.8) is 0 Å². The van der Waals surface area contributed by atoms with E-state index >= 15 is 0 Å². The molecular formula is C28H32N4O3. The summed E-state index contributed by atoms with van der Waals surface area (Å²) in [5.41, 5.74) is 4.98. The number of benzene rings is 2. The van der Waals surface area contributed by atoms with E-state index in [1.54, 1.807) is 0 Å². The smallest absolute Gasteiger partial charge is 0.236 e. The number of aromatic nitrogens is 1. The zero-order valence-electron chi connectivity index (χ0n) is 20.2. The van der Waals surface area contributed by atoms with Gasteiger partial charge in [0.15, 0.2) is 11.5 Å². The highest BCUT2D eigenvalue weighted by molar-refractivity contribution is 5.78. The van der Waals surface area contributed by atoms with Crippen LogP contribution >= 0.6 is 0 Å². The quantitative estimate of drug-likeness (QED) is 0.571. The van der Waals surface area contributed by atoms with Crippen molar-refractivity contribution in [2.24, 2.45) is 0 Å². The van der Waals surface area contributed by atoms with Gasteiger partial charge in [-0.1, -0.05) is 35.9 Å². The second-order valence-electron chi connectivity index (χ2n) is 9.75. The van der Waals surface area contributed by atoms with Crippen molar-refractivity contribution in [3.05, 3.63) is 83.2 Å². The van der Waals surface area contributed by atoms with Crippen LogP contribution in [0.5, 0.6) is 11.5 Å². The average molecular weight is 473 g/mol. The first kappa shape index (κ1) is 22.2. The summed E-state index contributed by atoms with van der Waals surface area (Å²) in [6.45, 7) is 8.80. The van der Waals surface area contributed by atoms with Crippen LogP contribution in [0.25, 0.3) is 0 Å². The number of carbonyl (C=O) groups excluding carboxylic acids is 1. The van der Waals surface area contributed by atoms with Crippen LogP contribution in [0.4, 0.5) is 0 Å². The second-order valence-corrected chi connectivity index (χ2v) is 9.75. The third-order valence-corrected chi connectivity index (χ3v) is 7.44. The minimum atomic E-state index is 0.107. The molecular weight excluding hydrogens is 440 g/mol. The van der Waals surface area contributed by atoms with Gasteiger partial charge < -0.3 is 18.9 Å². The van der Waals surface area contributed by atoms with Crippen molar-refractivity contribution in [2.45, 2.75) is 26.1 Å². The van der Waals surface area contributed by atoms with E-state index in [1.807, 2.05) is 11.0 Å². The molecule has 3 aliphatic rings. The Balaban J connectivity index is 1.09. The van der Waals surface area contributed by atoms with Gasteiger partial charge in [0, 0.05) is 57.7 Å². The van der Waals surface area contributed by atoms with E-state index in [0.29, 0.717) is 13.3 Å². The molecule has 1 atom stereocenters. The Bertz CT molecular complexity index is 1200. The lowest BCUT2D eigenvalue weighted by Gasteiger charge is -2.39. The fourth-order valence-electron chi connectivity index (χ4n) is 5.46. The molecule has 0 spiro atoms. The summed E-state index contributed by atoms with van der Waals surface area (Å²) in [7, 11) is 0. The lowest BCUT2D eigenvalue weighted by atomic mass is 9.99. The van der Waals surface area contributed by atoms with Gasteiger partial charge in [0.25, 0.3) is 0 Å². The molecule has 0 bridgehead atoms.